The summed E-state index contributed by atoms with van der Waals surface area (Å²) in [5.41, 5.74) is 3.64. The lowest BCUT2D eigenvalue weighted by molar-refractivity contribution is 0.585. The SMILES string of the molecule is Cn1cncc1-c1ccc2cnc(NC3CC3c3ccnc(N4CCNCC4)c3)cc2c1. The van der Waals surface area contributed by atoms with Gasteiger partial charge < -0.3 is 20.1 Å². The molecule has 2 atom stereocenters. The molecule has 1 aliphatic carbocycles. The van der Waals surface area contributed by atoms with Gasteiger partial charge in [0.05, 0.1) is 18.2 Å². The molecule has 4 heterocycles. The average molecular weight is 426 g/mol. The van der Waals surface area contributed by atoms with Crippen molar-refractivity contribution in [2.75, 3.05) is 36.4 Å². The molecule has 0 radical (unpaired) electrons. The van der Waals surface area contributed by atoms with E-state index < -0.39 is 0 Å². The largest absolute Gasteiger partial charge is 0.367 e. The van der Waals surface area contributed by atoms with Crippen LogP contribution in [0.15, 0.2) is 61.3 Å². The van der Waals surface area contributed by atoms with Crippen molar-refractivity contribution in [3.63, 3.8) is 0 Å². The lowest BCUT2D eigenvalue weighted by Crippen LogP contribution is -2.43. The molecule has 7 nitrogen and oxygen atoms in total. The Morgan fingerprint density at radius 3 is 2.75 bits per heavy atom. The van der Waals surface area contributed by atoms with Crippen LogP contribution in [0.2, 0.25) is 0 Å². The number of nitrogens with one attached hydrogen (secondary N) is 2. The van der Waals surface area contributed by atoms with Crippen LogP contribution in [0.3, 0.4) is 0 Å². The van der Waals surface area contributed by atoms with Crippen LogP contribution in [-0.4, -0.2) is 51.7 Å². The lowest BCUT2D eigenvalue weighted by atomic mass is 10.1. The fourth-order valence-corrected chi connectivity index (χ4v) is 4.66. The molecule has 1 aromatic carbocycles. The summed E-state index contributed by atoms with van der Waals surface area (Å²) in [6.07, 6.45) is 8.77. The molecule has 2 N–H and O–H groups in total. The predicted molar refractivity (Wildman–Crippen MR) is 128 cm³/mol. The topological polar surface area (TPSA) is 70.9 Å². The van der Waals surface area contributed by atoms with Crippen LogP contribution < -0.4 is 15.5 Å². The number of aromatic nitrogens is 4. The lowest BCUT2D eigenvalue weighted by Gasteiger charge is -2.28. The van der Waals surface area contributed by atoms with E-state index in [9.17, 15) is 0 Å². The van der Waals surface area contributed by atoms with Gasteiger partial charge in [0, 0.05) is 68.5 Å². The summed E-state index contributed by atoms with van der Waals surface area (Å²) in [5.74, 6) is 2.54. The van der Waals surface area contributed by atoms with Gasteiger partial charge in [-0.05, 0) is 41.6 Å². The number of hydrogen-bond acceptors (Lipinski definition) is 6. The van der Waals surface area contributed by atoms with Gasteiger partial charge >= 0.3 is 0 Å². The molecule has 2 aliphatic rings. The van der Waals surface area contributed by atoms with Crippen LogP contribution in [0.5, 0.6) is 0 Å². The maximum Gasteiger partial charge on any atom is 0.128 e. The quantitative estimate of drug-likeness (QED) is 0.511. The van der Waals surface area contributed by atoms with Gasteiger partial charge in [0.2, 0.25) is 0 Å². The van der Waals surface area contributed by atoms with E-state index in [4.69, 9.17) is 0 Å². The first kappa shape index (κ1) is 19.3. The van der Waals surface area contributed by atoms with Crippen LogP contribution in [-0.2, 0) is 7.05 Å². The third-order valence-corrected chi connectivity index (χ3v) is 6.60. The van der Waals surface area contributed by atoms with E-state index in [1.807, 2.05) is 36.5 Å². The van der Waals surface area contributed by atoms with Crippen molar-refractivity contribution in [2.24, 2.45) is 7.05 Å². The minimum Gasteiger partial charge on any atom is -0.367 e. The van der Waals surface area contributed by atoms with Crippen molar-refractivity contribution < 1.29 is 0 Å². The molecule has 0 bridgehead atoms. The van der Waals surface area contributed by atoms with Gasteiger partial charge in [-0.15, -0.1) is 0 Å². The highest BCUT2D eigenvalue weighted by Gasteiger charge is 2.39. The Labute approximate surface area is 187 Å². The maximum absolute atomic E-state index is 4.66. The van der Waals surface area contributed by atoms with Crippen LogP contribution >= 0.6 is 0 Å². The molecule has 7 heteroatoms. The molecule has 4 aromatic rings. The highest BCUT2D eigenvalue weighted by atomic mass is 15.2. The Kier molecular flexibility index (Phi) is 4.76. The van der Waals surface area contributed by atoms with Crippen molar-refractivity contribution in [1.82, 2.24) is 24.8 Å². The molecule has 0 amide bonds. The summed E-state index contributed by atoms with van der Waals surface area (Å²) in [6, 6.07) is 13.5. The van der Waals surface area contributed by atoms with E-state index in [0.29, 0.717) is 12.0 Å². The first-order valence-corrected chi connectivity index (χ1v) is 11.3. The van der Waals surface area contributed by atoms with Crippen LogP contribution in [0.25, 0.3) is 22.0 Å². The third-order valence-electron chi connectivity index (χ3n) is 6.60. The van der Waals surface area contributed by atoms with E-state index in [2.05, 4.69) is 66.9 Å². The third kappa shape index (κ3) is 3.69. The smallest absolute Gasteiger partial charge is 0.128 e. The number of imidazole rings is 1. The highest BCUT2D eigenvalue weighted by molar-refractivity contribution is 5.88. The standard InChI is InChI=1S/C25H27N7/c1-31-16-27-15-23(31)18-2-3-19-14-29-24(11-20(19)10-18)30-22-13-21(22)17-4-5-28-25(12-17)32-8-6-26-7-9-32/h2-5,10-12,14-16,21-22,26H,6-9,13H2,1H3,(H,29,30). The summed E-state index contributed by atoms with van der Waals surface area (Å²) in [5, 5.41) is 9.38. The van der Waals surface area contributed by atoms with Crippen LogP contribution in [0.4, 0.5) is 11.6 Å². The van der Waals surface area contributed by atoms with Gasteiger partial charge in [-0.3, -0.25) is 0 Å². The molecule has 6 rings (SSSR count). The average Bonchev–Trinajstić information content (AvgIpc) is 3.47. The Hall–Kier alpha value is -3.45. The molecule has 0 spiro atoms. The summed E-state index contributed by atoms with van der Waals surface area (Å²) < 4.78 is 2.04. The van der Waals surface area contributed by atoms with Crippen molar-refractivity contribution in [3.05, 3.63) is 66.9 Å². The Bertz CT molecular complexity index is 1260. The molecular formula is C25H27N7. The second-order valence-corrected chi connectivity index (χ2v) is 8.80. The fourth-order valence-electron chi connectivity index (χ4n) is 4.66. The Morgan fingerprint density at radius 2 is 1.91 bits per heavy atom. The zero-order chi connectivity index (χ0) is 21.5. The van der Waals surface area contributed by atoms with Crippen LogP contribution in [0, 0.1) is 0 Å². The van der Waals surface area contributed by atoms with Crippen molar-refractivity contribution in [1.29, 1.82) is 0 Å². The van der Waals surface area contributed by atoms with E-state index in [1.54, 1.807) is 0 Å². The first-order chi connectivity index (χ1) is 15.7. The van der Waals surface area contributed by atoms with E-state index in [-0.39, 0.29) is 0 Å². The number of hydrogen-bond donors (Lipinski definition) is 2. The summed E-state index contributed by atoms with van der Waals surface area (Å²) in [4.78, 5) is 15.9. The van der Waals surface area contributed by atoms with Crippen molar-refractivity contribution in [3.8, 4) is 11.3 Å². The Morgan fingerprint density at radius 1 is 1.00 bits per heavy atom. The zero-order valence-corrected chi connectivity index (χ0v) is 18.2. The van der Waals surface area contributed by atoms with Gasteiger partial charge in [0.25, 0.3) is 0 Å². The molecule has 1 saturated carbocycles. The second-order valence-electron chi connectivity index (χ2n) is 8.80. The number of aryl methyl sites for hydroxylation is 1. The minimum absolute atomic E-state index is 0.415. The number of benzene rings is 1. The number of nitrogens with zero attached hydrogens (tertiary/aromatic N) is 5. The van der Waals surface area contributed by atoms with E-state index >= 15 is 0 Å². The molecular weight excluding hydrogens is 398 g/mol. The summed E-state index contributed by atoms with van der Waals surface area (Å²) >= 11 is 0. The molecule has 32 heavy (non-hydrogen) atoms. The molecule has 2 fully saturated rings. The summed E-state index contributed by atoms with van der Waals surface area (Å²) in [7, 11) is 2.02. The normalized spacial score (nSPS) is 20.5. The molecule has 3 aromatic heterocycles. The van der Waals surface area contributed by atoms with Crippen molar-refractivity contribution in [2.45, 2.75) is 18.4 Å². The van der Waals surface area contributed by atoms with Gasteiger partial charge in [-0.25, -0.2) is 15.0 Å². The number of fused-ring (bicyclic) bond motifs is 1. The first-order valence-electron chi connectivity index (χ1n) is 11.3. The molecule has 162 valence electrons. The monoisotopic (exact) mass is 425 g/mol. The molecule has 1 aliphatic heterocycles. The van der Waals surface area contributed by atoms with Crippen LogP contribution in [0.1, 0.15) is 17.9 Å². The fraction of sp³-hybridized carbons (Fsp3) is 0.320. The molecule has 1 saturated heterocycles. The van der Waals surface area contributed by atoms with Gasteiger partial charge in [0.15, 0.2) is 0 Å². The van der Waals surface area contributed by atoms with Gasteiger partial charge in [-0.1, -0.05) is 12.1 Å². The Balaban J connectivity index is 1.19. The maximum atomic E-state index is 4.66. The minimum atomic E-state index is 0.415. The number of piperazine rings is 1. The van der Waals surface area contributed by atoms with Gasteiger partial charge in [-0.2, -0.15) is 0 Å². The number of anilines is 2. The molecule has 2 unspecified atom stereocenters. The highest BCUT2D eigenvalue weighted by Crippen LogP contribution is 2.43. The number of rotatable bonds is 5. The predicted octanol–water partition coefficient (Wildman–Crippen LogP) is 3.41. The second kappa shape index (κ2) is 7.91. The van der Waals surface area contributed by atoms with E-state index in [0.717, 1.165) is 60.9 Å². The van der Waals surface area contributed by atoms with E-state index in [1.165, 1.54) is 10.9 Å². The van der Waals surface area contributed by atoms with Crippen molar-refractivity contribution >= 4 is 22.4 Å². The van der Waals surface area contributed by atoms with Gasteiger partial charge in [0.1, 0.15) is 11.6 Å². The zero-order valence-electron chi connectivity index (χ0n) is 18.2. The number of pyridine rings is 2. The summed E-state index contributed by atoms with van der Waals surface area (Å²) in [6.45, 7) is 4.08.